The lowest BCUT2D eigenvalue weighted by Gasteiger charge is -2.08. The van der Waals surface area contributed by atoms with Gasteiger partial charge in [0.25, 0.3) is 6.43 Å². The van der Waals surface area contributed by atoms with E-state index in [0.717, 1.165) is 4.68 Å². The van der Waals surface area contributed by atoms with Gasteiger partial charge in [0.1, 0.15) is 18.0 Å². The quantitative estimate of drug-likeness (QED) is 0.364. The van der Waals surface area contributed by atoms with Crippen LogP contribution in [0.15, 0.2) is 29.4 Å². The highest BCUT2D eigenvalue weighted by Crippen LogP contribution is 2.22. The number of halogens is 3. The van der Waals surface area contributed by atoms with Crippen molar-refractivity contribution in [2.24, 2.45) is 10.9 Å². The van der Waals surface area contributed by atoms with Crippen LogP contribution >= 0.6 is 11.6 Å². The molecular weight excluding hydrogens is 358 g/mol. The van der Waals surface area contributed by atoms with Crippen LogP contribution in [0.4, 0.5) is 8.78 Å². The van der Waals surface area contributed by atoms with Crippen molar-refractivity contribution in [3.05, 3.63) is 46.2 Å². The summed E-state index contributed by atoms with van der Waals surface area (Å²) in [6, 6.07) is 5.87. The summed E-state index contributed by atoms with van der Waals surface area (Å²) in [6.07, 6.45) is -2.72. The number of rotatable bonds is 6. The average Bonchev–Trinajstić information content (AvgIpc) is 2.93. The Hall–Kier alpha value is -2.68. The Labute approximate surface area is 146 Å². The Bertz CT molecular complexity index is 808. The summed E-state index contributed by atoms with van der Waals surface area (Å²) in [5.41, 5.74) is 6.08. The third-order valence-electron chi connectivity index (χ3n) is 3.19. The van der Waals surface area contributed by atoms with Gasteiger partial charge in [-0.3, -0.25) is 4.68 Å². The molecule has 25 heavy (non-hydrogen) atoms. The van der Waals surface area contributed by atoms with Crippen LogP contribution in [0.3, 0.4) is 0 Å². The van der Waals surface area contributed by atoms with Crippen LogP contribution in [-0.4, -0.2) is 28.7 Å². The van der Waals surface area contributed by atoms with Crippen LogP contribution in [-0.2, 0) is 16.2 Å². The molecule has 0 spiro atoms. The second-order valence-corrected chi connectivity index (χ2v) is 5.39. The Balaban J connectivity index is 2.08. The Morgan fingerprint density at radius 1 is 1.44 bits per heavy atom. The van der Waals surface area contributed by atoms with Crippen molar-refractivity contribution < 1.29 is 23.1 Å². The van der Waals surface area contributed by atoms with E-state index in [-0.39, 0.29) is 12.4 Å². The van der Waals surface area contributed by atoms with Crippen LogP contribution in [0, 0.1) is 6.92 Å². The number of carbonyl (C=O) groups is 1. The van der Waals surface area contributed by atoms with Gasteiger partial charge in [0.05, 0.1) is 12.7 Å². The summed E-state index contributed by atoms with van der Waals surface area (Å²) >= 11 is 5.89. The van der Waals surface area contributed by atoms with Crippen LogP contribution in [0.5, 0.6) is 5.75 Å². The van der Waals surface area contributed by atoms with Gasteiger partial charge in [-0.05, 0) is 31.2 Å². The zero-order chi connectivity index (χ0) is 18.6. The molecule has 0 unspecified atom stereocenters. The number of ether oxygens (including phenoxy) is 1. The molecule has 0 fully saturated rings. The molecule has 0 bridgehead atoms. The standard InChI is InChI=1S/C15H15ClF2N4O3/c1-8-5-11(14(17)18)20-22(8)7-13(23)25-21-15(19)10-6-9(16)3-4-12(10)24-2/h3-6,14H,7H2,1-2H3,(H2,19,21). The van der Waals surface area contributed by atoms with Crippen LogP contribution < -0.4 is 10.5 Å². The number of oxime groups is 1. The van der Waals surface area contributed by atoms with Crippen LogP contribution in [0.2, 0.25) is 5.02 Å². The fraction of sp³-hybridized carbons (Fsp3) is 0.267. The fourth-order valence-electron chi connectivity index (χ4n) is 1.98. The molecule has 7 nitrogen and oxygen atoms in total. The number of carbonyl (C=O) groups excluding carboxylic acids is 1. The minimum atomic E-state index is -2.72. The molecule has 10 heteroatoms. The second-order valence-electron chi connectivity index (χ2n) is 4.95. The van der Waals surface area contributed by atoms with Gasteiger partial charge in [-0.15, -0.1) is 0 Å². The Morgan fingerprint density at radius 3 is 2.76 bits per heavy atom. The third-order valence-corrected chi connectivity index (χ3v) is 3.42. The van der Waals surface area contributed by atoms with Gasteiger partial charge in [0.2, 0.25) is 0 Å². The van der Waals surface area contributed by atoms with Crippen molar-refractivity contribution in [1.29, 1.82) is 0 Å². The van der Waals surface area contributed by atoms with E-state index in [2.05, 4.69) is 10.3 Å². The molecule has 0 aliphatic rings. The topological polar surface area (TPSA) is 91.7 Å². The van der Waals surface area contributed by atoms with Crippen molar-refractivity contribution >= 4 is 23.4 Å². The number of nitrogens with two attached hydrogens (primary N) is 1. The summed E-state index contributed by atoms with van der Waals surface area (Å²) in [5, 5.41) is 7.55. The van der Waals surface area contributed by atoms with Gasteiger partial charge in [-0.1, -0.05) is 16.8 Å². The summed E-state index contributed by atoms with van der Waals surface area (Å²) in [4.78, 5) is 16.5. The first-order valence-corrected chi connectivity index (χ1v) is 7.39. The minimum absolute atomic E-state index is 0.127. The van der Waals surface area contributed by atoms with Crippen molar-refractivity contribution in [1.82, 2.24) is 9.78 Å². The number of aryl methyl sites for hydroxylation is 1. The number of nitrogens with zero attached hydrogens (tertiary/aromatic N) is 3. The monoisotopic (exact) mass is 372 g/mol. The molecular formula is C15H15ClF2N4O3. The number of benzene rings is 1. The van der Waals surface area contributed by atoms with Gasteiger partial charge in [0.15, 0.2) is 5.84 Å². The number of methoxy groups -OCH3 is 1. The van der Waals surface area contributed by atoms with Crippen LogP contribution in [0.25, 0.3) is 0 Å². The number of alkyl halides is 2. The molecule has 1 aromatic heterocycles. The SMILES string of the molecule is COc1ccc(Cl)cc1/C(N)=N/OC(=O)Cn1nc(C(F)F)cc1C. The zero-order valence-corrected chi connectivity index (χ0v) is 14.1. The van der Waals surface area contributed by atoms with E-state index in [9.17, 15) is 13.6 Å². The summed E-state index contributed by atoms with van der Waals surface area (Å²) in [6.45, 7) is 1.16. The van der Waals surface area contributed by atoms with E-state index in [1.807, 2.05) is 0 Å². The van der Waals surface area contributed by atoms with Gasteiger partial charge >= 0.3 is 5.97 Å². The minimum Gasteiger partial charge on any atom is -0.496 e. The summed E-state index contributed by atoms with van der Waals surface area (Å²) in [7, 11) is 1.44. The predicted molar refractivity (Wildman–Crippen MR) is 86.7 cm³/mol. The second kappa shape index (κ2) is 7.93. The van der Waals surface area contributed by atoms with Crippen LogP contribution in [0.1, 0.15) is 23.4 Å². The molecule has 0 saturated carbocycles. The maximum absolute atomic E-state index is 12.6. The van der Waals surface area contributed by atoms with Gasteiger partial charge < -0.3 is 15.3 Å². The first-order chi connectivity index (χ1) is 11.8. The van der Waals surface area contributed by atoms with Gasteiger partial charge in [-0.2, -0.15) is 5.10 Å². The van der Waals surface area contributed by atoms with E-state index < -0.39 is 18.1 Å². The lowest BCUT2D eigenvalue weighted by molar-refractivity contribution is -0.144. The highest BCUT2D eigenvalue weighted by atomic mass is 35.5. The van der Waals surface area contributed by atoms with Crippen molar-refractivity contribution in [3.8, 4) is 5.75 Å². The predicted octanol–water partition coefficient (Wildman–Crippen LogP) is 2.65. The van der Waals surface area contributed by atoms with Crippen molar-refractivity contribution in [3.63, 3.8) is 0 Å². The molecule has 1 aromatic carbocycles. The molecule has 2 N–H and O–H groups in total. The molecule has 0 aliphatic heterocycles. The first kappa shape index (κ1) is 18.7. The lowest BCUT2D eigenvalue weighted by atomic mass is 10.2. The van der Waals surface area contributed by atoms with Gasteiger partial charge in [0, 0.05) is 10.7 Å². The zero-order valence-electron chi connectivity index (χ0n) is 13.4. The molecule has 0 radical (unpaired) electrons. The maximum atomic E-state index is 12.6. The average molecular weight is 373 g/mol. The van der Waals surface area contributed by atoms with Crippen molar-refractivity contribution in [2.45, 2.75) is 19.9 Å². The highest BCUT2D eigenvalue weighted by molar-refractivity contribution is 6.31. The molecule has 1 heterocycles. The third kappa shape index (κ3) is 4.66. The number of hydrogen-bond acceptors (Lipinski definition) is 5. The smallest absolute Gasteiger partial charge is 0.356 e. The molecule has 2 rings (SSSR count). The maximum Gasteiger partial charge on any atom is 0.356 e. The molecule has 2 aromatic rings. The molecule has 0 amide bonds. The first-order valence-electron chi connectivity index (χ1n) is 7.01. The van der Waals surface area contributed by atoms with E-state index in [4.69, 9.17) is 26.9 Å². The van der Waals surface area contributed by atoms with Crippen molar-refractivity contribution in [2.75, 3.05) is 7.11 Å². The fourth-order valence-corrected chi connectivity index (χ4v) is 2.16. The Kier molecular flexibility index (Phi) is 5.92. The number of aromatic nitrogens is 2. The van der Waals surface area contributed by atoms with E-state index in [0.29, 0.717) is 22.0 Å². The lowest BCUT2D eigenvalue weighted by Crippen LogP contribution is -2.19. The largest absolute Gasteiger partial charge is 0.496 e. The molecule has 0 atom stereocenters. The Morgan fingerprint density at radius 2 is 2.16 bits per heavy atom. The van der Waals surface area contributed by atoms with E-state index >= 15 is 0 Å². The highest BCUT2D eigenvalue weighted by Gasteiger charge is 2.16. The van der Waals surface area contributed by atoms with Gasteiger partial charge in [-0.25, -0.2) is 13.6 Å². The summed E-state index contributed by atoms with van der Waals surface area (Å²) < 4.78 is 31.4. The summed E-state index contributed by atoms with van der Waals surface area (Å²) in [5.74, 6) is -0.555. The molecule has 0 aliphatic carbocycles. The number of amidine groups is 1. The number of hydrogen-bond donors (Lipinski definition) is 1. The normalized spacial score (nSPS) is 11.7. The molecule has 0 saturated heterocycles. The van der Waals surface area contributed by atoms with E-state index in [1.54, 1.807) is 19.1 Å². The van der Waals surface area contributed by atoms with E-state index in [1.165, 1.54) is 19.2 Å². The molecule has 134 valence electrons.